The number of thiophene rings is 1. The molecular weight excluding hydrogens is 226 g/mol. The molecule has 1 saturated carbocycles. The van der Waals surface area contributed by atoms with Gasteiger partial charge < -0.3 is 5.32 Å². The standard InChI is InChI=1S/C15H25NS/c1-2-9-16-15(14-8-10-17-12-14)11-13-6-4-3-5-7-13/h8,10,12-13,15-16H,2-7,9,11H2,1H3. The van der Waals surface area contributed by atoms with Gasteiger partial charge >= 0.3 is 0 Å². The molecule has 96 valence electrons. The first kappa shape index (κ1) is 13.1. The van der Waals surface area contributed by atoms with Crippen LogP contribution in [0.5, 0.6) is 0 Å². The molecule has 1 N–H and O–H groups in total. The quantitative estimate of drug-likeness (QED) is 0.768. The minimum absolute atomic E-state index is 0.601. The average Bonchev–Trinajstić information content (AvgIpc) is 2.89. The van der Waals surface area contributed by atoms with Gasteiger partial charge in [-0.15, -0.1) is 0 Å². The molecular formula is C15H25NS. The Morgan fingerprint density at radius 1 is 1.35 bits per heavy atom. The number of nitrogens with one attached hydrogen (secondary N) is 1. The van der Waals surface area contributed by atoms with Gasteiger partial charge in [0.05, 0.1) is 0 Å². The Hall–Kier alpha value is -0.340. The number of rotatable bonds is 6. The maximum Gasteiger partial charge on any atom is 0.0331 e. The van der Waals surface area contributed by atoms with Gasteiger partial charge in [-0.2, -0.15) is 11.3 Å². The summed E-state index contributed by atoms with van der Waals surface area (Å²) in [5.74, 6) is 0.956. The second-order valence-corrected chi connectivity index (χ2v) is 6.08. The normalized spacial score (nSPS) is 19.4. The Kier molecular flexibility index (Phi) is 5.53. The monoisotopic (exact) mass is 251 g/mol. The fraction of sp³-hybridized carbons (Fsp3) is 0.733. The summed E-state index contributed by atoms with van der Waals surface area (Å²) in [7, 11) is 0. The van der Waals surface area contributed by atoms with Crippen molar-refractivity contribution < 1.29 is 0 Å². The summed E-state index contributed by atoms with van der Waals surface area (Å²) in [6.45, 7) is 3.39. The highest BCUT2D eigenvalue weighted by atomic mass is 32.1. The van der Waals surface area contributed by atoms with E-state index >= 15 is 0 Å². The van der Waals surface area contributed by atoms with E-state index in [0.29, 0.717) is 6.04 Å². The van der Waals surface area contributed by atoms with Crippen molar-refractivity contribution in [1.29, 1.82) is 0 Å². The number of hydrogen-bond acceptors (Lipinski definition) is 2. The van der Waals surface area contributed by atoms with Crippen LogP contribution in [0.15, 0.2) is 16.8 Å². The SMILES string of the molecule is CCCNC(CC1CCCCC1)c1ccsc1. The van der Waals surface area contributed by atoms with Crippen LogP contribution >= 0.6 is 11.3 Å². The van der Waals surface area contributed by atoms with Crippen LogP contribution in [0.4, 0.5) is 0 Å². The van der Waals surface area contributed by atoms with Gasteiger partial charge in [0.15, 0.2) is 0 Å². The van der Waals surface area contributed by atoms with Crippen molar-refractivity contribution in [1.82, 2.24) is 5.32 Å². The molecule has 2 heteroatoms. The van der Waals surface area contributed by atoms with E-state index in [1.807, 2.05) is 11.3 Å². The molecule has 0 bridgehead atoms. The van der Waals surface area contributed by atoms with E-state index in [2.05, 4.69) is 29.1 Å². The second kappa shape index (κ2) is 7.17. The zero-order chi connectivity index (χ0) is 11.9. The lowest BCUT2D eigenvalue weighted by molar-refractivity contribution is 0.300. The average molecular weight is 251 g/mol. The molecule has 1 aromatic rings. The summed E-state index contributed by atoms with van der Waals surface area (Å²) in [4.78, 5) is 0. The van der Waals surface area contributed by atoms with Crippen LogP contribution < -0.4 is 5.32 Å². The highest BCUT2D eigenvalue weighted by molar-refractivity contribution is 7.07. The van der Waals surface area contributed by atoms with Crippen molar-refractivity contribution in [3.63, 3.8) is 0 Å². The molecule has 1 fully saturated rings. The van der Waals surface area contributed by atoms with Gasteiger partial charge in [-0.3, -0.25) is 0 Å². The molecule has 0 saturated heterocycles. The predicted molar refractivity (Wildman–Crippen MR) is 76.5 cm³/mol. The zero-order valence-electron chi connectivity index (χ0n) is 11.0. The topological polar surface area (TPSA) is 12.0 Å². The summed E-state index contributed by atoms with van der Waals surface area (Å²) in [6, 6.07) is 2.89. The lowest BCUT2D eigenvalue weighted by atomic mass is 9.83. The van der Waals surface area contributed by atoms with Crippen molar-refractivity contribution in [3.05, 3.63) is 22.4 Å². The molecule has 0 aliphatic heterocycles. The van der Waals surface area contributed by atoms with Crippen LogP contribution in [-0.2, 0) is 0 Å². The van der Waals surface area contributed by atoms with E-state index in [9.17, 15) is 0 Å². The van der Waals surface area contributed by atoms with E-state index in [4.69, 9.17) is 0 Å². The smallest absolute Gasteiger partial charge is 0.0331 e. The molecule has 17 heavy (non-hydrogen) atoms. The minimum Gasteiger partial charge on any atom is -0.310 e. The van der Waals surface area contributed by atoms with Crippen LogP contribution in [0.2, 0.25) is 0 Å². The fourth-order valence-corrected chi connectivity index (χ4v) is 3.60. The van der Waals surface area contributed by atoms with Crippen molar-refractivity contribution in [2.75, 3.05) is 6.54 Å². The molecule has 1 heterocycles. The van der Waals surface area contributed by atoms with Gasteiger partial charge in [0.1, 0.15) is 0 Å². The summed E-state index contributed by atoms with van der Waals surface area (Å²) in [6.07, 6.45) is 9.84. The summed E-state index contributed by atoms with van der Waals surface area (Å²) >= 11 is 1.82. The largest absolute Gasteiger partial charge is 0.310 e. The molecule has 0 spiro atoms. The van der Waals surface area contributed by atoms with Crippen molar-refractivity contribution >= 4 is 11.3 Å². The zero-order valence-corrected chi connectivity index (χ0v) is 11.8. The van der Waals surface area contributed by atoms with Crippen molar-refractivity contribution in [2.45, 2.75) is 57.9 Å². The van der Waals surface area contributed by atoms with Crippen molar-refractivity contribution in [3.8, 4) is 0 Å². The van der Waals surface area contributed by atoms with E-state index < -0.39 is 0 Å². The third-order valence-corrected chi connectivity index (χ3v) is 4.58. The van der Waals surface area contributed by atoms with Gasteiger partial charge in [-0.25, -0.2) is 0 Å². The third kappa shape index (κ3) is 4.11. The van der Waals surface area contributed by atoms with Gasteiger partial charge in [0.25, 0.3) is 0 Å². The van der Waals surface area contributed by atoms with Crippen LogP contribution in [0, 0.1) is 5.92 Å². The Labute approximate surface area is 110 Å². The van der Waals surface area contributed by atoms with Crippen molar-refractivity contribution in [2.24, 2.45) is 5.92 Å². The van der Waals surface area contributed by atoms with Crippen LogP contribution in [0.25, 0.3) is 0 Å². The molecule has 1 aromatic heterocycles. The summed E-state index contributed by atoms with van der Waals surface area (Å²) in [5.41, 5.74) is 1.51. The minimum atomic E-state index is 0.601. The van der Waals surface area contributed by atoms with E-state index in [-0.39, 0.29) is 0 Å². The predicted octanol–water partition coefficient (Wildman–Crippen LogP) is 4.76. The molecule has 1 aliphatic rings. The fourth-order valence-electron chi connectivity index (χ4n) is 2.89. The third-order valence-electron chi connectivity index (χ3n) is 3.88. The van der Waals surface area contributed by atoms with Gasteiger partial charge in [0.2, 0.25) is 0 Å². The molecule has 1 unspecified atom stereocenters. The van der Waals surface area contributed by atoms with Gasteiger partial charge in [-0.1, -0.05) is 39.0 Å². The Morgan fingerprint density at radius 2 is 2.18 bits per heavy atom. The molecule has 2 rings (SSSR count). The lowest BCUT2D eigenvalue weighted by Crippen LogP contribution is -2.25. The highest BCUT2D eigenvalue weighted by Crippen LogP contribution is 2.32. The molecule has 1 nitrogen and oxygen atoms in total. The molecule has 0 amide bonds. The van der Waals surface area contributed by atoms with Crippen LogP contribution in [0.1, 0.15) is 63.5 Å². The molecule has 0 radical (unpaired) electrons. The maximum atomic E-state index is 3.73. The van der Waals surface area contributed by atoms with Gasteiger partial charge in [-0.05, 0) is 47.7 Å². The van der Waals surface area contributed by atoms with Gasteiger partial charge in [0, 0.05) is 6.04 Å². The van der Waals surface area contributed by atoms with E-state index in [1.54, 1.807) is 0 Å². The first-order valence-corrected chi connectivity index (χ1v) is 8.10. The Balaban J connectivity index is 1.90. The first-order valence-electron chi connectivity index (χ1n) is 7.15. The second-order valence-electron chi connectivity index (χ2n) is 5.30. The number of hydrogen-bond donors (Lipinski definition) is 1. The molecule has 1 aliphatic carbocycles. The van der Waals surface area contributed by atoms with Crippen LogP contribution in [-0.4, -0.2) is 6.54 Å². The maximum absolute atomic E-state index is 3.73. The van der Waals surface area contributed by atoms with E-state index in [1.165, 1.54) is 50.5 Å². The highest BCUT2D eigenvalue weighted by Gasteiger charge is 2.19. The Bertz CT molecular complexity index is 288. The summed E-state index contributed by atoms with van der Waals surface area (Å²) < 4.78 is 0. The lowest BCUT2D eigenvalue weighted by Gasteiger charge is -2.27. The molecule has 1 atom stereocenters. The van der Waals surface area contributed by atoms with Crippen LogP contribution in [0.3, 0.4) is 0 Å². The van der Waals surface area contributed by atoms with E-state index in [0.717, 1.165) is 12.5 Å². The summed E-state index contributed by atoms with van der Waals surface area (Å²) in [5, 5.41) is 8.25. The first-order chi connectivity index (χ1) is 8.40. The Morgan fingerprint density at radius 3 is 2.82 bits per heavy atom. The molecule has 0 aromatic carbocycles.